The molecule has 0 spiro atoms. The zero-order chi connectivity index (χ0) is 68.3. The second-order valence-electron chi connectivity index (χ2n) is 22.1. The molecular weight excluding hydrogens is 1450 g/mol. The molecule has 19 nitrogen and oxygen atoms in total. The largest absolute Gasteiger partial charge is 0.497 e. The van der Waals surface area contributed by atoms with Crippen LogP contribution < -0.4 is 28.0 Å². The van der Waals surface area contributed by atoms with Crippen molar-refractivity contribution in [3.8, 4) is 45.9 Å². The van der Waals surface area contributed by atoms with Crippen LogP contribution in [0.15, 0.2) is 240 Å². The Morgan fingerprint density at radius 1 is 0.417 bits per heavy atom. The maximum absolute atomic E-state index is 13.6. The van der Waals surface area contributed by atoms with E-state index in [2.05, 4.69) is 51.7 Å². The van der Waals surface area contributed by atoms with Crippen molar-refractivity contribution < 1.29 is 57.5 Å². The van der Waals surface area contributed by atoms with Crippen LogP contribution in [0.25, 0.3) is 22.9 Å². The first-order valence-corrected chi connectivity index (χ1v) is 43.7. The number of hydrogen-bond donors (Lipinski definition) is 1. The quantitative estimate of drug-likeness (QED) is 0.0428. The Balaban J connectivity index is 0.000000211. The molecule has 0 aliphatic carbocycles. The zero-order valence-corrected chi connectivity index (χ0v) is 61.4. The Morgan fingerprint density at radius 3 is 0.969 bits per heavy atom. The molecule has 0 radical (unpaired) electrons. The summed E-state index contributed by atoms with van der Waals surface area (Å²) in [5, 5.41) is 4.96. The van der Waals surface area contributed by atoms with Crippen LogP contribution in [0.3, 0.4) is 0 Å². The fourth-order valence-electron chi connectivity index (χ4n) is 10.1. The zero-order valence-electron chi connectivity index (χ0n) is 54.5. The van der Waals surface area contributed by atoms with Crippen LogP contribution in [0, 0.1) is 0 Å². The van der Waals surface area contributed by atoms with Crippen molar-refractivity contribution in [1.29, 1.82) is 0 Å². The molecule has 512 valence electrons. The Kier molecular flexibility index (Phi) is 30.9. The van der Waals surface area contributed by atoms with Crippen molar-refractivity contribution in [2.24, 2.45) is 5.14 Å². The molecule has 7 aromatic carbocycles. The molecule has 0 amide bonds. The summed E-state index contributed by atoms with van der Waals surface area (Å²) in [4.78, 5) is 13.1. The monoisotopic (exact) mass is 1540 g/mol. The van der Waals surface area contributed by atoms with Crippen LogP contribution >= 0.6 is 15.9 Å². The third kappa shape index (κ3) is 22.7. The van der Waals surface area contributed by atoms with Gasteiger partial charge in [0, 0.05) is 41.8 Å². The van der Waals surface area contributed by atoms with Crippen LogP contribution in [-0.2, 0) is 56.2 Å². The Bertz CT molecular complexity index is 4060. The molecule has 0 bridgehead atoms. The SMILES string of the molecule is C.CCC[CH2][Sn]([CH2]CCC)([CH2]CCC)[c]1ncco1.COc1ccc(CN(Cc2ccc(OC)cc2)S(=O)(=O)c2ccc(-c3ncco3)cc2)cc1.COc1ccc(CN(Cc2ccc(OC)cc2)S(=O)(=O)c2ccc(Br)cc2)cc1.NS(=O)(=O)c1ccc(-c2ncco2)cc1. The van der Waals surface area contributed by atoms with Crippen molar-refractivity contribution in [1.82, 2.24) is 23.6 Å². The van der Waals surface area contributed by atoms with Gasteiger partial charge in [-0.2, -0.15) is 8.61 Å². The van der Waals surface area contributed by atoms with Crippen molar-refractivity contribution in [2.45, 2.75) is 121 Å². The summed E-state index contributed by atoms with van der Waals surface area (Å²) in [6.45, 7) is 7.80. The summed E-state index contributed by atoms with van der Waals surface area (Å²) in [5.41, 5.74) is 4.86. The number of nitrogens with two attached hydrogens (primary N) is 1. The van der Waals surface area contributed by atoms with Crippen LogP contribution in [0.5, 0.6) is 23.0 Å². The van der Waals surface area contributed by atoms with E-state index in [1.54, 1.807) is 102 Å². The van der Waals surface area contributed by atoms with Gasteiger partial charge in [0.15, 0.2) is 0 Å². The fraction of sp³-hybridized carbons (Fsp3) is 0.292. The van der Waals surface area contributed by atoms with E-state index >= 15 is 0 Å². The summed E-state index contributed by atoms with van der Waals surface area (Å²) in [6.07, 6.45) is 17.6. The van der Waals surface area contributed by atoms with Gasteiger partial charge >= 0.3 is 117 Å². The first kappa shape index (κ1) is 77.4. The molecule has 0 saturated heterocycles. The maximum atomic E-state index is 13.6. The molecule has 0 aliphatic rings. The predicted molar refractivity (Wildman–Crippen MR) is 382 cm³/mol. The number of methoxy groups -OCH3 is 4. The normalized spacial score (nSPS) is 11.4. The number of primary sulfonamides is 1. The molecule has 0 fully saturated rings. The van der Waals surface area contributed by atoms with Crippen LogP contribution in [0.4, 0.5) is 0 Å². The van der Waals surface area contributed by atoms with E-state index in [0.717, 1.165) is 38.2 Å². The number of rotatable bonds is 29. The fourth-order valence-corrected chi connectivity index (χ4v) is 28.4. The van der Waals surface area contributed by atoms with Crippen molar-refractivity contribution in [2.75, 3.05) is 28.4 Å². The average Bonchev–Trinajstić information content (AvgIpc) is 0.832. The Morgan fingerprint density at radius 2 is 0.708 bits per heavy atom. The third-order valence-electron chi connectivity index (χ3n) is 15.5. The summed E-state index contributed by atoms with van der Waals surface area (Å²) >= 11 is 1.04. The number of halogens is 1. The minimum Gasteiger partial charge on any atom is -0.497 e. The Labute approximate surface area is 579 Å². The van der Waals surface area contributed by atoms with E-state index in [-0.39, 0.29) is 48.3 Å². The second kappa shape index (κ2) is 38.4. The van der Waals surface area contributed by atoms with Gasteiger partial charge in [-0.1, -0.05) is 71.9 Å². The molecule has 10 rings (SSSR count). The van der Waals surface area contributed by atoms with Gasteiger partial charge in [-0.05, 0) is 144 Å². The summed E-state index contributed by atoms with van der Waals surface area (Å²) in [7, 11) is -4.74. The number of ether oxygens (including phenoxy) is 4. The number of aromatic nitrogens is 3. The topological polar surface area (TPSA) is 250 Å². The van der Waals surface area contributed by atoms with E-state index in [4.69, 9.17) is 37.3 Å². The smallest absolute Gasteiger partial charge is 0.243 e. The van der Waals surface area contributed by atoms with Gasteiger partial charge in [0.2, 0.25) is 41.9 Å². The maximum Gasteiger partial charge on any atom is 0.243 e. The van der Waals surface area contributed by atoms with Gasteiger partial charge in [-0.3, -0.25) is 0 Å². The standard InChI is InChI=1S/C25H24N2O5S.C22H22BrNO4S.C9H8N2O3S.3C4H9.C3H2NO.CH4.Sn/c1-30-22-9-3-19(4-10-22)17-27(18-20-5-11-23(31-2)12-6-20)33(28,29)24-13-7-21(8-14-24)25-26-15-16-32-25;1-27-20-9-3-17(4-10-20)15-24(16-18-5-11-21(28-2)12-6-18)29(25,26)22-13-7-19(23)8-14-22;10-15(12,13)8-3-1-7(2-4-8)9-11-5-6-14-9;3*1-3-4-2;1-2-5-3-4-1;;/h3-16H,17-18H2,1-2H3;3-14H,15-16H2,1-2H3;1-6H,(H2,10,12,13);3*1,3-4H2,2H3;1-2H;1H4;. The molecule has 24 heteroatoms. The molecule has 10 aromatic rings. The minimum atomic E-state index is -3.79. The van der Waals surface area contributed by atoms with Crippen molar-refractivity contribution in [3.63, 3.8) is 0 Å². The molecule has 2 N–H and O–H groups in total. The summed E-state index contributed by atoms with van der Waals surface area (Å²) < 4.78 is 122. The number of unbranched alkanes of at least 4 members (excludes halogenated alkanes) is 3. The van der Waals surface area contributed by atoms with Gasteiger partial charge < -0.3 is 27.8 Å². The van der Waals surface area contributed by atoms with E-state index in [0.29, 0.717) is 34.4 Å². The third-order valence-corrected chi connectivity index (χ3v) is 35.1. The van der Waals surface area contributed by atoms with Gasteiger partial charge in [0.25, 0.3) is 0 Å². The number of nitrogens with zero attached hydrogens (tertiary/aromatic N) is 5. The molecule has 0 aliphatic heterocycles. The second-order valence-corrected chi connectivity index (χ2v) is 41.3. The molecule has 0 saturated carbocycles. The summed E-state index contributed by atoms with van der Waals surface area (Å²) in [5.74, 6) is 3.76. The van der Waals surface area contributed by atoms with Gasteiger partial charge in [-0.15, -0.1) is 0 Å². The van der Waals surface area contributed by atoms with Crippen LogP contribution in [0.1, 0.15) is 89.0 Å². The molecular formula is C72H87BrN6O13S3Sn. The molecule has 96 heavy (non-hydrogen) atoms. The Hall–Kier alpha value is -7.62. The van der Waals surface area contributed by atoms with Crippen LogP contribution in [0.2, 0.25) is 13.3 Å². The number of oxazole rings is 3. The minimum absolute atomic E-state index is 0. The molecule has 0 atom stereocenters. The number of benzene rings is 7. The first-order valence-electron chi connectivity index (χ1n) is 31.0. The summed E-state index contributed by atoms with van der Waals surface area (Å²) in [6, 6.07) is 48.7. The first-order chi connectivity index (χ1) is 45.8. The number of hydrogen-bond acceptors (Lipinski definition) is 16. The van der Waals surface area contributed by atoms with Gasteiger partial charge in [-0.25, -0.2) is 40.4 Å². The van der Waals surface area contributed by atoms with Gasteiger partial charge in [0.1, 0.15) is 35.5 Å². The molecule has 0 unspecified atom stereocenters. The van der Waals surface area contributed by atoms with Crippen molar-refractivity contribution in [3.05, 3.63) is 234 Å². The van der Waals surface area contributed by atoms with Crippen LogP contribution in [-0.4, -0.2) is 95.6 Å². The number of sulfonamides is 3. The molecule has 3 aromatic heterocycles. The predicted octanol–water partition coefficient (Wildman–Crippen LogP) is 16.0. The van der Waals surface area contributed by atoms with Crippen molar-refractivity contribution >= 4 is 68.3 Å². The average molecular weight is 1540 g/mol. The van der Waals surface area contributed by atoms with E-state index in [1.807, 2.05) is 103 Å². The molecule has 3 heterocycles. The van der Waals surface area contributed by atoms with E-state index < -0.39 is 48.4 Å². The van der Waals surface area contributed by atoms with Gasteiger partial charge in [0.05, 0.1) is 55.5 Å². The van der Waals surface area contributed by atoms with E-state index in [1.165, 1.54) is 95.2 Å². The van der Waals surface area contributed by atoms with E-state index in [9.17, 15) is 25.3 Å².